The molecule has 2 aliphatic rings. The van der Waals surface area contributed by atoms with E-state index in [1.54, 1.807) is 6.07 Å². The highest BCUT2D eigenvalue weighted by atomic mass is 19.1. The number of hydrogen-bond donors (Lipinski definition) is 1. The minimum atomic E-state index is -0.249. The van der Waals surface area contributed by atoms with Gasteiger partial charge in [0.05, 0.1) is 5.69 Å². The molecular weight excluding hydrogens is 229 g/mol. The van der Waals surface area contributed by atoms with Crippen LogP contribution < -0.4 is 10.6 Å². The number of rotatable bonds is 2. The molecule has 1 saturated carbocycles. The molecule has 0 spiro atoms. The second-order valence-electron chi connectivity index (χ2n) is 5.61. The molecule has 1 saturated heterocycles. The van der Waals surface area contributed by atoms with Crippen molar-refractivity contribution in [3.05, 3.63) is 29.6 Å². The predicted molar refractivity (Wildman–Crippen MR) is 71.2 cm³/mol. The van der Waals surface area contributed by atoms with E-state index in [0.717, 1.165) is 50.3 Å². The molecule has 1 aromatic rings. The second kappa shape index (κ2) is 4.21. The van der Waals surface area contributed by atoms with E-state index in [2.05, 4.69) is 16.8 Å². The average Bonchev–Trinajstić information content (AvgIpc) is 3.10. The first kappa shape index (κ1) is 11.9. The summed E-state index contributed by atoms with van der Waals surface area (Å²) in [5.74, 6) is -0.131. The van der Waals surface area contributed by atoms with Gasteiger partial charge in [-0.3, -0.25) is 0 Å². The van der Waals surface area contributed by atoms with Gasteiger partial charge in [-0.2, -0.15) is 0 Å². The maximum Gasteiger partial charge on any atom is 0.146 e. The zero-order valence-corrected chi connectivity index (χ0v) is 10.8. The highest BCUT2D eigenvalue weighted by Crippen LogP contribution is 2.43. The Balaban J connectivity index is 1.80. The lowest BCUT2D eigenvalue weighted by atomic mass is 10.0. The molecule has 3 rings (SSSR count). The van der Waals surface area contributed by atoms with Crippen molar-refractivity contribution >= 4 is 5.69 Å². The van der Waals surface area contributed by atoms with Crippen LogP contribution in [0.25, 0.3) is 0 Å². The summed E-state index contributed by atoms with van der Waals surface area (Å²) >= 11 is 0. The van der Waals surface area contributed by atoms with Crippen LogP contribution in [-0.4, -0.2) is 38.1 Å². The average molecular weight is 249 g/mol. The highest BCUT2D eigenvalue weighted by molar-refractivity contribution is 5.51. The Bertz CT molecular complexity index is 448. The number of nitrogens with two attached hydrogens (primary N) is 1. The third-order valence-corrected chi connectivity index (χ3v) is 4.16. The molecule has 98 valence electrons. The first-order chi connectivity index (χ1) is 8.58. The predicted octanol–water partition coefficient (Wildman–Crippen LogP) is 1.53. The SMILES string of the molecule is CN1CCN(c2ccc(C3(N)CC3)cc2F)CC1. The van der Waals surface area contributed by atoms with Crippen molar-refractivity contribution in [2.24, 2.45) is 5.73 Å². The monoisotopic (exact) mass is 249 g/mol. The van der Waals surface area contributed by atoms with E-state index in [1.165, 1.54) is 0 Å². The molecule has 1 heterocycles. The summed E-state index contributed by atoms with van der Waals surface area (Å²) in [6, 6.07) is 5.51. The number of likely N-dealkylation sites (N-methyl/N-ethyl adjacent to an activating group) is 1. The number of halogens is 1. The quantitative estimate of drug-likeness (QED) is 0.862. The summed E-state index contributed by atoms with van der Waals surface area (Å²) in [6.45, 7) is 3.76. The number of hydrogen-bond acceptors (Lipinski definition) is 3. The van der Waals surface area contributed by atoms with Crippen LogP contribution in [0, 0.1) is 5.82 Å². The van der Waals surface area contributed by atoms with Crippen molar-refractivity contribution in [1.29, 1.82) is 0 Å². The highest BCUT2D eigenvalue weighted by Gasteiger charge is 2.40. The van der Waals surface area contributed by atoms with E-state index < -0.39 is 0 Å². The molecule has 0 bridgehead atoms. The van der Waals surface area contributed by atoms with E-state index in [4.69, 9.17) is 5.73 Å². The number of nitrogens with zero attached hydrogens (tertiary/aromatic N) is 2. The molecular formula is C14H20FN3. The summed E-state index contributed by atoms with van der Waals surface area (Å²) in [5, 5.41) is 0. The van der Waals surface area contributed by atoms with Crippen LogP contribution in [0.3, 0.4) is 0 Å². The van der Waals surface area contributed by atoms with Crippen LogP contribution in [0.5, 0.6) is 0 Å². The summed E-state index contributed by atoms with van der Waals surface area (Å²) in [4.78, 5) is 4.39. The topological polar surface area (TPSA) is 32.5 Å². The van der Waals surface area contributed by atoms with E-state index in [1.807, 2.05) is 12.1 Å². The number of anilines is 1. The molecule has 1 aromatic carbocycles. The summed E-state index contributed by atoms with van der Waals surface area (Å²) in [5.41, 5.74) is 7.51. The van der Waals surface area contributed by atoms with Crippen molar-refractivity contribution in [2.75, 3.05) is 38.1 Å². The van der Waals surface area contributed by atoms with Crippen LogP contribution in [-0.2, 0) is 5.54 Å². The van der Waals surface area contributed by atoms with Crippen molar-refractivity contribution in [1.82, 2.24) is 4.90 Å². The molecule has 0 amide bonds. The van der Waals surface area contributed by atoms with E-state index in [-0.39, 0.29) is 11.4 Å². The minimum Gasteiger partial charge on any atom is -0.367 e. The molecule has 1 aliphatic heterocycles. The third-order valence-electron chi connectivity index (χ3n) is 4.16. The minimum absolute atomic E-state index is 0.131. The molecule has 0 atom stereocenters. The molecule has 18 heavy (non-hydrogen) atoms. The van der Waals surface area contributed by atoms with Crippen LogP contribution in [0.15, 0.2) is 18.2 Å². The van der Waals surface area contributed by atoms with Gasteiger partial charge in [-0.15, -0.1) is 0 Å². The standard InChI is InChI=1S/C14H20FN3/c1-17-6-8-18(9-7-17)13-3-2-11(10-12(13)15)14(16)4-5-14/h2-3,10H,4-9,16H2,1H3. The van der Waals surface area contributed by atoms with Gasteiger partial charge in [-0.1, -0.05) is 6.07 Å². The molecule has 2 N–H and O–H groups in total. The zero-order valence-electron chi connectivity index (χ0n) is 10.8. The Morgan fingerprint density at radius 1 is 1.17 bits per heavy atom. The van der Waals surface area contributed by atoms with Gasteiger partial charge in [0.2, 0.25) is 0 Å². The van der Waals surface area contributed by atoms with Crippen LogP contribution in [0.4, 0.5) is 10.1 Å². The Morgan fingerprint density at radius 3 is 2.39 bits per heavy atom. The van der Waals surface area contributed by atoms with Gasteiger partial charge in [0.1, 0.15) is 5.82 Å². The van der Waals surface area contributed by atoms with Gasteiger partial charge in [0.25, 0.3) is 0 Å². The van der Waals surface area contributed by atoms with Crippen LogP contribution in [0.1, 0.15) is 18.4 Å². The fraction of sp³-hybridized carbons (Fsp3) is 0.571. The van der Waals surface area contributed by atoms with E-state index >= 15 is 0 Å². The van der Waals surface area contributed by atoms with Gasteiger partial charge in [0.15, 0.2) is 0 Å². The Kier molecular flexibility index (Phi) is 2.79. The normalized spacial score (nSPS) is 23.2. The number of benzene rings is 1. The lowest BCUT2D eigenvalue weighted by Crippen LogP contribution is -2.44. The maximum absolute atomic E-state index is 14.2. The Labute approximate surface area is 107 Å². The van der Waals surface area contributed by atoms with E-state index in [0.29, 0.717) is 0 Å². The van der Waals surface area contributed by atoms with Crippen molar-refractivity contribution in [2.45, 2.75) is 18.4 Å². The maximum atomic E-state index is 14.2. The van der Waals surface area contributed by atoms with Crippen molar-refractivity contribution in [3.8, 4) is 0 Å². The lowest BCUT2D eigenvalue weighted by Gasteiger charge is -2.34. The molecule has 3 nitrogen and oxygen atoms in total. The molecule has 1 aliphatic carbocycles. The summed E-state index contributed by atoms with van der Waals surface area (Å²) in [7, 11) is 2.10. The van der Waals surface area contributed by atoms with Gasteiger partial charge < -0.3 is 15.5 Å². The molecule has 2 fully saturated rings. The molecule has 4 heteroatoms. The Morgan fingerprint density at radius 2 is 1.83 bits per heavy atom. The largest absolute Gasteiger partial charge is 0.367 e. The first-order valence-electron chi connectivity index (χ1n) is 6.61. The smallest absolute Gasteiger partial charge is 0.146 e. The zero-order chi connectivity index (χ0) is 12.8. The molecule has 0 radical (unpaired) electrons. The van der Waals surface area contributed by atoms with Crippen LogP contribution in [0.2, 0.25) is 0 Å². The molecule has 0 aromatic heterocycles. The fourth-order valence-corrected chi connectivity index (χ4v) is 2.54. The van der Waals surface area contributed by atoms with Gasteiger partial charge >= 0.3 is 0 Å². The fourth-order valence-electron chi connectivity index (χ4n) is 2.54. The van der Waals surface area contributed by atoms with Gasteiger partial charge in [0, 0.05) is 31.7 Å². The third kappa shape index (κ3) is 2.10. The van der Waals surface area contributed by atoms with Gasteiger partial charge in [-0.05, 0) is 37.6 Å². The summed E-state index contributed by atoms with van der Waals surface area (Å²) in [6.07, 6.45) is 1.95. The first-order valence-corrected chi connectivity index (χ1v) is 6.61. The second-order valence-corrected chi connectivity index (χ2v) is 5.61. The summed E-state index contributed by atoms with van der Waals surface area (Å²) < 4.78 is 14.2. The van der Waals surface area contributed by atoms with Crippen molar-refractivity contribution < 1.29 is 4.39 Å². The Hall–Kier alpha value is -1.13. The van der Waals surface area contributed by atoms with E-state index in [9.17, 15) is 4.39 Å². The van der Waals surface area contributed by atoms with Crippen LogP contribution >= 0.6 is 0 Å². The van der Waals surface area contributed by atoms with Crippen molar-refractivity contribution in [3.63, 3.8) is 0 Å². The number of piperazine rings is 1. The lowest BCUT2D eigenvalue weighted by molar-refractivity contribution is 0.311. The molecule has 0 unspecified atom stereocenters. The van der Waals surface area contributed by atoms with Gasteiger partial charge in [-0.25, -0.2) is 4.39 Å².